The van der Waals surface area contributed by atoms with Crippen molar-refractivity contribution in [2.45, 2.75) is 39.2 Å². The van der Waals surface area contributed by atoms with Gasteiger partial charge in [0.25, 0.3) is 5.91 Å². The smallest absolute Gasteiger partial charge is 0.271 e. The van der Waals surface area contributed by atoms with Crippen LogP contribution in [-0.2, 0) is 4.79 Å². The van der Waals surface area contributed by atoms with E-state index in [0.29, 0.717) is 0 Å². The third-order valence-corrected chi connectivity index (χ3v) is 5.59. The summed E-state index contributed by atoms with van der Waals surface area (Å²) in [5.41, 5.74) is 3.77. The van der Waals surface area contributed by atoms with Gasteiger partial charge in [0.05, 0.1) is 6.04 Å². The topological polar surface area (TPSA) is 36.4 Å². The quantitative estimate of drug-likeness (QED) is 0.846. The number of hydrogen-bond acceptors (Lipinski definition) is 4. The number of thiazole rings is 1. The summed E-state index contributed by atoms with van der Waals surface area (Å²) in [5.74, 6) is 0.0862. The standard InChI is InChI=1S/C18H23N3OS/c1-5-14-9-13(3)20(4)16(10-14)18(22)21-8-6-7-15(21)17-19-12(2)11-23-17/h9-11,15H,3,5-8H2,1-2,4H3. The summed E-state index contributed by atoms with van der Waals surface area (Å²) < 4.78 is 0. The number of likely N-dealkylation sites (N-methyl/N-ethyl adjacent to an activating group) is 1. The Morgan fingerprint density at radius 3 is 2.91 bits per heavy atom. The Balaban J connectivity index is 1.88. The SMILES string of the molecule is C=C1C=C(CC)C=C(C(=O)N2CCCC2c2nc(C)cs2)N1C. The van der Waals surface area contributed by atoms with E-state index >= 15 is 0 Å². The molecule has 0 N–H and O–H groups in total. The molecule has 4 nitrogen and oxygen atoms in total. The number of amides is 1. The van der Waals surface area contributed by atoms with Crippen molar-refractivity contribution in [3.05, 3.63) is 51.8 Å². The van der Waals surface area contributed by atoms with Crippen LogP contribution in [0, 0.1) is 6.92 Å². The summed E-state index contributed by atoms with van der Waals surface area (Å²) in [6, 6.07) is 0.111. The molecular weight excluding hydrogens is 306 g/mol. The van der Waals surface area contributed by atoms with E-state index in [9.17, 15) is 4.79 Å². The van der Waals surface area contributed by atoms with Gasteiger partial charge in [-0.2, -0.15) is 0 Å². The lowest BCUT2D eigenvalue weighted by Gasteiger charge is -2.31. The highest BCUT2D eigenvalue weighted by atomic mass is 32.1. The molecule has 1 unspecified atom stereocenters. The molecule has 5 heteroatoms. The molecule has 1 saturated heterocycles. The Kier molecular flexibility index (Phi) is 4.39. The molecule has 0 bridgehead atoms. The van der Waals surface area contributed by atoms with Crippen LogP contribution < -0.4 is 0 Å². The first-order valence-corrected chi connectivity index (χ1v) is 8.97. The minimum absolute atomic E-state index is 0.0862. The van der Waals surface area contributed by atoms with Crippen LogP contribution in [0.4, 0.5) is 0 Å². The maximum absolute atomic E-state index is 13.1. The van der Waals surface area contributed by atoms with Crippen molar-refractivity contribution in [2.24, 2.45) is 0 Å². The van der Waals surface area contributed by atoms with Gasteiger partial charge < -0.3 is 9.80 Å². The van der Waals surface area contributed by atoms with E-state index in [4.69, 9.17) is 0 Å². The van der Waals surface area contributed by atoms with Gasteiger partial charge in [0.2, 0.25) is 0 Å². The number of rotatable bonds is 3. The first-order valence-electron chi connectivity index (χ1n) is 8.09. The van der Waals surface area contributed by atoms with Gasteiger partial charge >= 0.3 is 0 Å². The number of aromatic nitrogens is 1. The first kappa shape index (κ1) is 16.0. The molecule has 0 aliphatic carbocycles. The molecule has 3 heterocycles. The summed E-state index contributed by atoms with van der Waals surface area (Å²) in [5, 5.41) is 3.11. The van der Waals surface area contributed by atoms with Crippen LogP contribution in [0.25, 0.3) is 0 Å². The van der Waals surface area contributed by atoms with Crippen LogP contribution in [-0.4, -0.2) is 34.3 Å². The number of hydrogen-bond donors (Lipinski definition) is 0. The summed E-state index contributed by atoms with van der Waals surface area (Å²) >= 11 is 1.65. The summed E-state index contributed by atoms with van der Waals surface area (Å²) in [6.07, 6.45) is 6.97. The van der Waals surface area contributed by atoms with Crippen molar-refractivity contribution in [2.75, 3.05) is 13.6 Å². The van der Waals surface area contributed by atoms with Gasteiger partial charge in [-0.1, -0.05) is 13.5 Å². The van der Waals surface area contributed by atoms with Crippen molar-refractivity contribution in [3.8, 4) is 0 Å². The molecule has 1 aromatic heterocycles. The fourth-order valence-corrected chi connectivity index (χ4v) is 4.07. The lowest BCUT2D eigenvalue weighted by Crippen LogP contribution is -2.37. The van der Waals surface area contributed by atoms with Gasteiger partial charge in [-0.15, -0.1) is 11.3 Å². The third-order valence-electron chi connectivity index (χ3n) is 4.53. The second kappa shape index (κ2) is 6.32. The molecule has 2 aliphatic heterocycles. The number of carbonyl (C=O) groups is 1. The lowest BCUT2D eigenvalue weighted by molar-refractivity contribution is -0.129. The fourth-order valence-electron chi connectivity index (χ4n) is 3.13. The van der Waals surface area contributed by atoms with E-state index in [0.717, 1.165) is 53.5 Å². The highest BCUT2D eigenvalue weighted by Gasteiger charge is 2.35. The summed E-state index contributed by atoms with van der Waals surface area (Å²) in [4.78, 5) is 21.6. The molecule has 0 aromatic carbocycles. The van der Waals surface area contributed by atoms with Crippen molar-refractivity contribution in [3.63, 3.8) is 0 Å². The molecule has 0 spiro atoms. The van der Waals surface area contributed by atoms with Crippen LogP contribution in [0.2, 0.25) is 0 Å². The maximum atomic E-state index is 13.1. The fraction of sp³-hybridized carbons (Fsp3) is 0.444. The molecule has 122 valence electrons. The number of allylic oxidation sites excluding steroid dienone is 3. The average Bonchev–Trinajstić information content (AvgIpc) is 3.17. The Morgan fingerprint density at radius 2 is 2.26 bits per heavy atom. The minimum Gasteiger partial charge on any atom is -0.341 e. The second-order valence-corrected chi connectivity index (χ2v) is 7.03. The first-order chi connectivity index (χ1) is 11.0. The number of nitrogens with zero attached hydrogens (tertiary/aromatic N) is 3. The molecule has 2 aliphatic rings. The van der Waals surface area contributed by atoms with Crippen LogP contribution in [0.5, 0.6) is 0 Å². The zero-order valence-corrected chi connectivity index (χ0v) is 14.8. The maximum Gasteiger partial charge on any atom is 0.271 e. The molecule has 0 saturated carbocycles. The van der Waals surface area contributed by atoms with Crippen LogP contribution in [0.15, 0.2) is 41.1 Å². The molecule has 1 fully saturated rings. The lowest BCUT2D eigenvalue weighted by atomic mass is 10.1. The van der Waals surface area contributed by atoms with Crippen LogP contribution in [0.3, 0.4) is 0 Å². The predicted octanol–water partition coefficient (Wildman–Crippen LogP) is 3.79. The molecule has 1 amide bonds. The highest BCUT2D eigenvalue weighted by Crippen LogP contribution is 2.36. The van der Waals surface area contributed by atoms with E-state index < -0.39 is 0 Å². The van der Waals surface area contributed by atoms with Gasteiger partial charge in [0.1, 0.15) is 10.7 Å². The Bertz CT molecular complexity index is 701. The molecule has 1 atom stereocenters. The molecule has 3 rings (SSSR count). The van der Waals surface area contributed by atoms with Crippen LogP contribution in [0.1, 0.15) is 42.9 Å². The largest absolute Gasteiger partial charge is 0.341 e. The van der Waals surface area contributed by atoms with Gasteiger partial charge in [-0.3, -0.25) is 4.79 Å². The van der Waals surface area contributed by atoms with Crippen molar-refractivity contribution in [1.82, 2.24) is 14.8 Å². The predicted molar refractivity (Wildman–Crippen MR) is 93.9 cm³/mol. The van der Waals surface area contributed by atoms with E-state index in [2.05, 4.69) is 23.9 Å². The minimum atomic E-state index is 0.0862. The third kappa shape index (κ3) is 2.98. The molecule has 23 heavy (non-hydrogen) atoms. The molecular formula is C18H23N3OS. The van der Waals surface area contributed by atoms with E-state index in [-0.39, 0.29) is 11.9 Å². The van der Waals surface area contributed by atoms with Crippen molar-refractivity contribution in [1.29, 1.82) is 0 Å². The normalized spacial score (nSPS) is 21.5. The average molecular weight is 329 g/mol. The zero-order valence-electron chi connectivity index (χ0n) is 14.0. The Morgan fingerprint density at radius 1 is 1.48 bits per heavy atom. The monoisotopic (exact) mass is 329 g/mol. The number of carbonyl (C=O) groups excluding carboxylic acids is 1. The van der Waals surface area contributed by atoms with Gasteiger partial charge in [-0.05, 0) is 43.9 Å². The highest BCUT2D eigenvalue weighted by molar-refractivity contribution is 7.09. The zero-order chi connectivity index (χ0) is 16.6. The Labute approximate surface area is 141 Å². The van der Waals surface area contributed by atoms with Gasteiger partial charge in [0, 0.05) is 30.4 Å². The van der Waals surface area contributed by atoms with Gasteiger partial charge in [0.15, 0.2) is 0 Å². The van der Waals surface area contributed by atoms with Crippen molar-refractivity contribution < 1.29 is 4.79 Å². The van der Waals surface area contributed by atoms with E-state index in [1.807, 2.05) is 35.9 Å². The second-order valence-electron chi connectivity index (χ2n) is 6.14. The van der Waals surface area contributed by atoms with E-state index in [1.54, 1.807) is 11.3 Å². The summed E-state index contributed by atoms with van der Waals surface area (Å²) in [7, 11) is 1.91. The Hall–Kier alpha value is -1.88. The summed E-state index contributed by atoms with van der Waals surface area (Å²) in [6.45, 7) is 8.96. The van der Waals surface area contributed by atoms with Crippen molar-refractivity contribution >= 4 is 17.2 Å². The van der Waals surface area contributed by atoms with Gasteiger partial charge in [-0.25, -0.2) is 4.98 Å². The number of aryl methyl sites for hydroxylation is 1. The van der Waals surface area contributed by atoms with E-state index in [1.165, 1.54) is 0 Å². The molecule has 1 aromatic rings. The molecule has 0 radical (unpaired) electrons. The van der Waals surface area contributed by atoms with Crippen LogP contribution >= 0.6 is 11.3 Å². The number of likely N-dealkylation sites (tertiary alicyclic amines) is 1.